The predicted molar refractivity (Wildman–Crippen MR) is 260 cm³/mol. The molecule has 378 valence electrons. The fraction of sp³-hybridized carbons (Fsp3) is 0.633. The van der Waals surface area contributed by atoms with Crippen molar-refractivity contribution in [3.63, 3.8) is 0 Å². The Balaban J connectivity index is 3.99. The topological polar surface area (TPSA) is 225 Å². The van der Waals surface area contributed by atoms with Gasteiger partial charge in [-0.05, 0) is 89.9 Å². The molecule has 0 aromatic carbocycles. The standard InChI is InChI=1S/C49H82O15P2/c1-3-5-7-9-11-13-15-17-19-21-23-25-27-29-31-33-35-37-48(53)59-39-45(50)41-61-65(55,56)63-43-47(52)44-64-66(57,58)62-42-46(51)40-60-49(54)38-36-34-32-30-28-26-24-22-20-18-16-14-12-10-8-6-4-2/h5,7,11-14,17-20,23-26,29,31,45-47,50-52H,3-4,6,8-10,15-16,21-22,27-28,30,32-44H2,1-2H3,(H,55,56)(H,57,58)/b7-5-,13-11-,14-12-,19-17-,20-18-,25-23-,26-24-,31-29-. The van der Waals surface area contributed by atoms with E-state index in [1.165, 1.54) is 19.3 Å². The first-order chi connectivity index (χ1) is 31.8. The number of allylic oxidation sites excluding steroid dienone is 16. The summed E-state index contributed by atoms with van der Waals surface area (Å²) >= 11 is 0. The Labute approximate surface area is 395 Å². The molecule has 5 atom stereocenters. The van der Waals surface area contributed by atoms with Crippen LogP contribution < -0.4 is 0 Å². The molecule has 0 saturated heterocycles. The Morgan fingerprint density at radius 3 is 1.09 bits per heavy atom. The number of phosphoric acid groups is 2. The highest BCUT2D eigenvalue weighted by atomic mass is 31.2. The van der Waals surface area contributed by atoms with E-state index >= 15 is 0 Å². The molecule has 17 heteroatoms. The molecule has 0 aliphatic carbocycles. The van der Waals surface area contributed by atoms with Gasteiger partial charge in [-0.25, -0.2) is 9.13 Å². The van der Waals surface area contributed by atoms with Crippen molar-refractivity contribution in [2.75, 3.05) is 39.6 Å². The Kier molecular flexibility index (Phi) is 42.4. The Bertz CT molecular complexity index is 1550. The lowest BCUT2D eigenvalue weighted by Gasteiger charge is -2.19. The third kappa shape index (κ3) is 46.1. The quantitative estimate of drug-likeness (QED) is 0.0166. The van der Waals surface area contributed by atoms with Crippen molar-refractivity contribution < 1.29 is 71.4 Å². The number of esters is 2. The van der Waals surface area contributed by atoms with Crippen LogP contribution >= 0.6 is 15.6 Å². The van der Waals surface area contributed by atoms with Crippen LogP contribution in [0.2, 0.25) is 0 Å². The van der Waals surface area contributed by atoms with Crippen LogP contribution in [0.5, 0.6) is 0 Å². The normalized spacial score (nSPS) is 15.9. The van der Waals surface area contributed by atoms with Crippen molar-refractivity contribution in [1.29, 1.82) is 0 Å². The number of hydrogen-bond donors (Lipinski definition) is 5. The average molecular weight is 973 g/mol. The van der Waals surface area contributed by atoms with E-state index in [0.717, 1.165) is 77.0 Å². The maximum atomic E-state index is 12.2. The summed E-state index contributed by atoms with van der Waals surface area (Å²) < 4.78 is 52.9. The number of phosphoric ester groups is 2. The fourth-order valence-electron chi connectivity index (χ4n) is 5.37. The summed E-state index contributed by atoms with van der Waals surface area (Å²) in [5.74, 6) is -1.08. The van der Waals surface area contributed by atoms with Gasteiger partial charge in [-0.15, -0.1) is 0 Å². The summed E-state index contributed by atoms with van der Waals surface area (Å²) in [6, 6.07) is 0. The first-order valence-electron chi connectivity index (χ1n) is 23.6. The molecule has 0 fully saturated rings. The van der Waals surface area contributed by atoms with E-state index < -0.39 is 85.5 Å². The second kappa shape index (κ2) is 44.5. The zero-order valence-electron chi connectivity index (χ0n) is 39.6. The minimum absolute atomic E-state index is 0.113. The van der Waals surface area contributed by atoms with Crippen molar-refractivity contribution in [1.82, 2.24) is 0 Å². The molecule has 5 N–H and O–H groups in total. The zero-order valence-corrected chi connectivity index (χ0v) is 41.4. The van der Waals surface area contributed by atoms with Crippen LogP contribution in [-0.2, 0) is 46.3 Å². The Morgan fingerprint density at radius 2 is 0.712 bits per heavy atom. The summed E-state index contributed by atoms with van der Waals surface area (Å²) in [6.45, 7) is 0.151. The molecule has 0 saturated carbocycles. The molecule has 0 amide bonds. The van der Waals surface area contributed by atoms with Gasteiger partial charge in [-0.3, -0.25) is 27.7 Å². The number of rotatable bonds is 44. The van der Waals surface area contributed by atoms with E-state index in [2.05, 4.69) is 117 Å². The number of carbonyl (C=O) groups excluding carboxylic acids is 2. The van der Waals surface area contributed by atoms with Gasteiger partial charge in [-0.1, -0.05) is 137 Å². The maximum Gasteiger partial charge on any atom is 0.472 e. The molecule has 0 aromatic heterocycles. The largest absolute Gasteiger partial charge is 0.472 e. The monoisotopic (exact) mass is 973 g/mol. The molecular formula is C49H82O15P2. The number of ether oxygens (including phenoxy) is 2. The van der Waals surface area contributed by atoms with Gasteiger partial charge in [0, 0.05) is 12.8 Å². The third-order valence-electron chi connectivity index (χ3n) is 9.02. The highest BCUT2D eigenvalue weighted by Crippen LogP contribution is 2.45. The van der Waals surface area contributed by atoms with Gasteiger partial charge in [0.05, 0.1) is 26.4 Å². The summed E-state index contributed by atoms with van der Waals surface area (Å²) in [7, 11) is -9.61. The van der Waals surface area contributed by atoms with Crippen molar-refractivity contribution in [3.05, 3.63) is 97.2 Å². The van der Waals surface area contributed by atoms with Gasteiger partial charge in [-0.2, -0.15) is 0 Å². The van der Waals surface area contributed by atoms with Crippen LogP contribution in [0.1, 0.15) is 142 Å². The third-order valence-corrected chi connectivity index (χ3v) is 10.9. The molecule has 0 aliphatic rings. The highest BCUT2D eigenvalue weighted by Gasteiger charge is 2.28. The van der Waals surface area contributed by atoms with Gasteiger partial charge in [0.1, 0.15) is 31.5 Å². The molecule has 0 aromatic rings. The number of unbranched alkanes of at least 4 members (excludes halogenated alkanes) is 8. The molecule has 0 spiro atoms. The lowest BCUT2D eigenvalue weighted by molar-refractivity contribution is -0.148. The lowest BCUT2D eigenvalue weighted by atomic mass is 10.1. The molecule has 66 heavy (non-hydrogen) atoms. The molecule has 15 nitrogen and oxygen atoms in total. The van der Waals surface area contributed by atoms with Crippen molar-refractivity contribution in [3.8, 4) is 0 Å². The lowest BCUT2D eigenvalue weighted by Crippen LogP contribution is -2.25. The number of carbonyl (C=O) groups is 2. The summed E-state index contributed by atoms with van der Waals surface area (Å²) in [5.41, 5.74) is 0. The van der Waals surface area contributed by atoms with E-state index in [4.69, 9.17) is 9.47 Å². The number of aliphatic hydroxyl groups is 3. The predicted octanol–water partition coefficient (Wildman–Crippen LogP) is 10.7. The Hall–Kier alpha value is -3.04. The van der Waals surface area contributed by atoms with Crippen molar-refractivity contribution in [2.45, 2.75) is 161 Å². The Morgan fingerprint density at radius 1 is 0.409 bits per heavy atom. The molecule has 0 aliphatic heterocycles. The van der Waals surface area contributed by atoms with Gasteiger partial charge in [0.25, 0.3) is 0 Å². The second-order valence-electron chi connectivity index (χ2n) is 15.4. The van der Waals surface area contributed by atoms with E-state index in [1.54, 1.807) is 0 Å². The summed E-state index contributed by atoms with van der Waals surface area (Å²) in [4.78, 5) is 43.7. The van der Waals surface area contributed by atoms with Crippen LogP contribution in [-0.4, -0.2) is 95.0 Å². The van der Waals surface area contributed by atoms with E-state index in [9.17, 15) is 43.8 Å². The van der Waals surface area contributed by atoms with Crippen LogP contribution in [0, 0.1) is 0 Å². The smallest absolute Gasteiger partial charge is 0.463 e. The summed E-state index contributed by atoms with van der Waals surface area (Å²) in [6.07, 6.45) is 46.9. The van der Waals surface area contributed by atoms with Gasteiger partial charge < -0.3 is 34.6 Å². The van der Waals surface area contributed by atoms with Crippen LogP contribution in [0.15, 0.2) is 97.2 Å². The van der Waals surface area contributed by atoms with E-state index in [0.29, 0.717) is 19.3 Å². The second-order valence-corrected chi connectivity index (χ2v) is 18.3. The average Bonchev–Trinajstić information content (AvgIpc) is 3.29. The van der Waals surface area contributed by atoms with Crippen LogP contribution in [0.25, 0.3) is 0 Å². The molecular weight excluding hydrogens is 890 g/mol. The maximum absolute atomic E-state index is 12.2. The molecule has 0 bridgehead atoms. The highest BCUT2D eigenvalue weighted by molar-refractivity contribution is 7.47. The van der Waals surface area contributed by atoms with E-state index in [-0.39, 0.29) is 12.8 Å². The first kappa shape index (κ1) is 63.0. The van der Waals surface area contributed by atoms with Crippen LogP contribution in [0.3, 0.4) is 0 Å². The van der Waals surface area contributed by atoms with Crippen molar-refractivity contribution >= 4 is 27.6 Å². The molecule has 5 unspecified atom stereocenters. The molecule has 0 heterocycles. The first-order valence-corrected chi connectivity index (χ1v) is 26.6. The number of hydrogen-bond acceptors (Lipinski definition) is 13. The van der Waals surface area contributed by atoms with E-state index in [1.807, 2.05) is 12.2 Å². The summed E-state index contributed by atoms with van der Waals surface area (Å²) in [5, 5.41) is 30.0. The van der Waals surface area contributed by atoms with Crippen molar-refractivity contribution in [2.24, 2.45) is 0 Å². The minimum atomic E-state index is -4.81. The SMILES string of the molecule is CC/C=C\C/C=C\C/C=C\C/C=C\C/C=C\CCCC(=O)OCC(O)COP(=O)(O)OCC(O)COP(=O)(O)OCC(O)COC(=O)CCCCCC/C=C\C/C=C\C/C=C\CCCCC. The molecule has 0 radical (unpaired) electrons. The molecule has 0 rings (SSSR count). The van der Waals surface area contributed by atoms with Gasteiger partial charge in [0.15, 0.2) is 0 Å². The van der Waals surface area contributed by atoms with Gasteiger partial charge >= 0.3 is 27.6 Å². The zero-order chi connectivity index (χ0) is 48.8. The fourth-order valence-corrected chi connectivity index (χ4v) is 6.96. The minimum Gasteiger partial charge on any atom is -0.463 e. The van der Waals surface area contributed by atoms with Crippen LogP contribution in [0.4, 0.5) is 0 Å². The van der Waals surface area contributed by atoms with Gasteiger partial charge in [0.2, 0.25) is 0 Å². The number of aliphatic hydroxyl groups excluding tert-OH is 3.